The minimum Gasteiger partial charge on any atom is -0.480 e. The summed E-state index contributed by atoms with van der Waals surface area (Å²) in [6, 6.07) is 0. The normalized spacial score (nSPS) is 15.2. The minimum absolute atomic E-state index is 0.129. The molecule has 1 aliphatic rings. The number of nitrogen functional groups attached to an aromatic ring is 1. The smallest absolute Gasteiger partial charge is 0.230 e. The van der Waals surface area contributed by atoms with Crippen LogP contribution in [0.1, 0.15) is 23.2 Å². The number of carbonyl (C=O) groups is 1. The van der Waals surface area contributed by atoms with Gasteiger partial charge in [-0.1, -0.05) is 0 Å². The molecule has 1 saturated heterocycles. The molecule has 2 N–H and O–H groups in total. The summed E-state index contributed by atoms with van der Waals surface area (Å²) < 4.78 is 5.03. The Morgan fingerprint density at radius 2 is 2.06 bits per heavy atom. The lowest BCUT2D eigenvalue weighted by atomic mass is 10.3. The second-order valence-corrected chi connectivity index (χ2v) is 3.64. The zero-order valence-electron chi connectivity index (χ0n) is 9.14. The number of aldehydes is 1. The van der Waals surface area contributed by atoms with Crippen molar-refractivity contribution in [1.82, 2.24) is 9.97 Å². The van der Waals surface area contributed by atoms with Gasteiger partial charge in [0.2, 0.25) is 11.8 Å². The first-order valence-corrected chi connectivity index (χ1v) is 5.18. The standard InChI is InChI=1S/C10H14N4O2/c1-16-9-7(6-15)8(12-10(11)13-9)14-4-2-3-5-14/h6H,2-5H2,1H3,(H2,11,12,13). The molecule has 2 rings (SSSR count). The second kappa shape index (κ2) is 4.34. The van der Waals surface area contributed by atoms with Crippen LogP contribution in [0.2, 0.25) is 0 Å². The van der Waals surface area contributed by atoms with Crippen LogP contribution in [0.5, 0.6) is 5.88 Å². The maximum absolute atomic E-state index is 11.0. The molecule has 6 heteroatoms. The van der Waals surface area contributed by atoms with Gasteiger partial charge in [-0.3, -0.25) is 4.79 Å². The van der Waals surface area contributed by atoms with Gasteiger partial charge in [0.25, 0.3) is 0 Å². The van der Waals surface area contributed by atoms with Gasteiger partial charge in [0.05, 0.1) is 7.11 Å². The Morgan fingerprint density at radius 1 is 1.38 bits per heavy atom. The van der Waals surface area contributed by atoms with E-state index >= 15 is 0 Å². The molecule has 0 aliphatic carbocycles. The van der Waals surface area contributed by atoms with Gasteiger partial charge in [0.15, 0.2) is 6.29 Å². The van der Waals surface area contributed by atoms with E-state index in [9.17, 15) is 4.79 Å². The van der Waals surface area contributed by atoms with Gasteiger partial charge in [0.1, 0.15) is 11.4 Å². The summed E-state index contributed by atoms with van der Waals surface area (Å²) >= 11 is 0. The van der Waals surface area contributed by atoms with E-state index in [2.05, 4.69) is 9.97 Å². The third kappa shape index (κ3) is 1.78. The fourth-order valence-electron chi connectivity index (χ4n) is 1.88. The van der Waals surface area contributed by atoms with Gasteiger partial charge >= 0.3 is 0 Å². The number of hydrogen-bond donors (Lipinski definition) is 1. The maximum atomic E-state index is 11.0. The summed E-state index contributed by atoms with van der Waals surface area (Å²) in [5.74, 6) is 0.950. The number of aromatic nitrogens is 2. The molecule has 0 amide bonds. The van der Waals surface area contributed by atoms with Crippen molar-refractivity contribution in [2.45, 2.75) is 12.8 Å². The van der Waals surface area contributed by atoms with E-state index in [1.54, 1.807) is 0 Å². The van der Waals surface area contributed by atoms with Crippen LogP contribution < -0.4 is 15.4 Å². The van der Waals surface area contributed by atoms with Crippen LogP contribution in [-0.2, 0) is 0 Å². The van der Waals surface area contributed by atoms with Gasteiger partial charge in [-0.15, -0.1) is 0 Å². The predicted molar refractivity (Wildman–Crippen MR) is 59.8 cm³/mol. The van der Waals surface area contributed by atoms with Crippen LogP contribution in [0, 0.1) is 0 Å². The molecule has 0 saturated carbocycles. The number of hydrogen-bond acceptors (Lipinski definition) is 6. The zero-order valence-corrected chi connectivity index (χ0v) is 9.14. The van der Waals surface area contributed by atoms with Crippen LogP contribution in [0.3, 0.4) is 0 Å². The molecular formula is C10H14N4O2. The topological polar surface area (TPSA) is 81.3 Å². The molecule has 1 fully saturated rings. The van der Waals surface area contributed by atoms with Crippen LogP contribution >= 0.6 is 0 Å². The number of anilines is 2. The third-order valence-corrected chi connectivity index (χ3v) is 2.62. The number of nitrogens with zero attached hydrogens (tertiary/aromatic N) is 3. The molecule has 1 aromatic rings. The molecule has 0 radical (unpaired) electrons. The Kier molecular flexibility index (Phi) is 2.89. The number of methoxy groups -OCH3 is 1. The van der Waals surface area contributed by atoms with Crippen LogP contribution in [-0.4, -0.2) is 36.5 Å². The average molecular weight is 222 g/mol. The fraction of sp³-hybridized carbons (Fsp3) is 0.500. The van der Waals surface area contributed by atoms with E-state index in [1.807, 2.05) is 4.90 Å². The number of carbonyl (C=O) groups excluding carboxylic acids is 1. The summed E-state index contributed by atoms with van der Waals surface area (Å²) in [5, 5.41) is 0. The summed E-state index contributed by atoms with van der Waals surface area (Å²) in [7, 11) is 1.46. The van der Waals surface area contributed by atoms with Gasteiger partial charge < -0.3 is 15.4 Å². The Balaban J connectivity index is 2.48. The van der Waals surface area contributed by atoms with E-state index in [-0.39, 0.29) is 11.8 Å². The molecule has 0 bridgehead atoms. The molecular weight excluding hydrogens is 208 g/mol. The van der Waals surface area contributed by atoms with Crippen molar-refractivity contribution in [3.8, 4) is 5.88 Å². The van der Waals surface area contributed by atoms with E-state index in [1.165, 1.54) is 7.11 Å². The fourth-order valence-corrected chi connectivity index (χ4v) is 1.88. The highest BCUT2D eigenvalue weighted by molar-refractivity contribution is 5.86. The second-order valence-electron chi connectivity index (χ2n) is 3.64. The van der Waals surface area contributed by atoms with E-state index in [0.717, 1.165) is 25.9 Å². The van der Waals surface area contributed by atoms with Crippen molar-refractivity contribution in [2.75, 3.05) is 30.8 Å². The van der Waals surface area contributed by atoms with Gasteiger partial charge in [-0.25, -0.2) is 0 Å². The van der Waals surface area contributed by atoms with Crippen molar-refractivity contribution < 1.29 is 9.53 Å². The first-order valence-electron chi connectivity index (χ1n) is 5.18. The first-order chi connectivity index (χ1) is 7.76. The molecule has 1 aromatic heterocycles. The lowest BCUT2D eigenvalue weighted by Gasteiger charge is -2.19. The van der Waals surface area contributed by atoms with Gasteiger partial charge in [-0.05, 0) is 12.8 Å². The lowest BCUT2D eigenvalue weighted by molar-refractivity contribution is 0.112. The highest BCUT2D eigenvalue weighted by Gasteiger charge is 2.21. The maximum Gasteiger partial charge on any atom is 0.230 e. The molecule has 0 unspecified atom stereocenters. The molecule has 16 heavy (non-hydrogen) atoms. The number of ether oxygens (including phenoxy) is 1. The van der Waals surface area contributed by atoms with Crippen molar-refractivity contribution >= 4 is 18.1 Å². The summed E-state index contributed by atoms with van der Waals surface area (Å²) in [6.45, 7) is 1.78. The van der Waals surface area contributed by atoms with Gasteiger partial charge in [-0.2, -0.15) is 9.97 Å². The SMILES string of the molecule is COc1nc(N)nc(N2CCCC2)c1C=O. The van der Waals surface area contributed by atoms with E-state index in [4.69, 9.17) is 10.5 Å². The summed E-state index contributed by atoms with van der Waals surface area (Å²) in [4.78, 5) is 21.1. The van der Waals surface area contributed by atoms with Crippen molar-refractivity contribution in [1.29, 1.82) is 0 Å². The Bertz CT molecular complexity index is 402. The molecule has 86 valence electrons. The van der Waals surface area contributed by atoms with Crippen molar-refractivity contribution in [3.63, 3.8) is 0 Å². The van der Waals surface area contributed by atoms with Crippen LogP contribution in [0.15, 0.2) is 0 Å². The average Bonchev–Trinajstić information content (AvgIpc) is 2.81. The molecule has 0 aromatic carbocycles. The van der Waals surface area contributed by atoms with Gasteiger partial charge in [0, 0.05) is 13.1 Å². The minimum atomic E-state index is 0.129. The largest absolute Gasteiger partial charge is 0.480 e. The Labute approximate surface area is 93.4 Å². The first kappa shape index (κ1) is 10.7. The summed E-state index contributed by atoms with van der Waals surface area (Å²) in [6.07, 6.45) is 2.92. The van der Waals surface area contributed by atoms with Crippen molar-refractivity contribution in [3.05, 3.63) is 5.56 Å². The van der Waals surface area contributed by atoms with Crippen LogP contribution in [0.25, 0.3) is 0 Å². The molecule has 0 spiro atoms. The summed E-state index contributed by atoms with van der Waals surface area (Å²) in [5.41, 5.74) is 5.96. The number of nitrogens with two attached hydrogens (primary N) is 1. The third-order valence-electron chi connectivity index (χ3n) is 2.62. The van der Waals surface area contributed by atoms with Crippen molar-refractivity contribution in [2.24, 2.45) is 0 Å². The monoisotopic (exact) mass is 222 g/mol. The zero-order chi connectivity index (χ0) is 11.5. The highest BCUT2D eigenvalue weighted by atomic mass is 16.5. The molecule has 0 atom stereocenters. The highest BCUT2D eigenvalue weighted by Crippen LogP contribution is 2.27. The molecule has 2 heterocycles. The predicted octanol–water partition coefficient (Wildman–Crippen LogP) is 0.480. The van der Waals surface area contributed by atoms with E-state index in [0.29, 0.717) is 17.7 Å². The van der Waals surface area contributed by atoms with Crippen LogP contribution in [0.4, 0.5) is 11.8 Å². The quantitative estimate of drug-likeness (QED) is 0.749. The van der Waals surface area contributed by atoms with E-state index < -0.39 is 0 Å². The molecule has 6 nitrogen and oxygen atoms in total. The number of rotatable bonds is 3. The lowest BCUT2D eigenvalue weighted by Crippen LogP contribution is -2.22. The molecule has 1 aliphatic heterocycles. The Morgan fingerprint density at radius 3 is 2.62 bits per heavy atom. The Hall–Kier alpha value is -1.85.